The van der Waals surface area contributed by atoms with Gasteiger partial charge >= 0.3 is 5.69 Å². The first-order valence-electron chi connectivity index (χ1n) is 11.0. The van der Waals surface area contributed by atoms with Gasteiger partial charge in [-0.15, -0.1) is 5.10 Å². The molecular weight excluding hydrogens is 442 g/mol. The molecule has 0 bridgehead atoms. The molecule has 0 saturated carbocycles. The van der Waals surface area contributed by atoms with E-state index in [1.807, 2.05) is 27.7 Å². The highest BCUT2D eigenvalue weighted by Crippen LogP contribution is 2.21. The number of nitrogens with two attached hydrogens (primary N) is 1. The Bertz CT molecular complexity index is 1320. The number of Topliss-reactive ketones (excluding diaryl/α,β-unsaturated/α-hetero) is 1. The van der Waals surface area contributed by atoms with Crippen LogP contribution in [0.15, 0.2) is 14.7 Å². The highest BCUT2D eigenvalue weighted by atomic mass is 32.2. The van der Waals surface area contributed by atoms with E-state index in [4.69, 9.17) is 5.73 Å². The van der Waals surface area contributed by atoms with Crippen LogP contribution in [-0.4, -0.2) is 40.3 Å². The van der Waals surface area contributed by atoms with Crippen LogP contribution >= 0.6 is 11.8 Å². The van der Waals surface area contributed by atoms with Gasteiger partial charge in [0.25, 0.3) is 11.3 Å². The molecule has 3 aromatic rings. The average Bonchev–Trinajstić information content (AvgIpc) is 3.16. The molecule has 10 nitrogen and oxygen atoms in total. The van der Waals surface area contributed by atoms with Gasteiger partial charge in [0.2, 0.25) is 5.16 Å². The molecule has 0 saturated heterocycles. The van der Waals surface area contributed by atoms with Crippen LogP contribution in [0.2, 0.25) is 0 Å². The highest BCUT2D eigenvalue weighted by Gasteiger charge is 2.23. The number of fused-ring (bicyclic) bond motifs is 1. The lowest BCUT2D eigenvalue weighted by molar-refractivity contribution is 0.102. The standard InChI is InChI=1S/C22H31N7O3S/c1-7-8-9-15-13(4)24-20-25-21(26-29(20)14(15)5)33-11-16(30)17-18(23)28(10-12(2)3)22(32)27(6)19(17)31/h12H,7-11,23H2,1-6H3. The van der Waals surface area contributed by atoms with Crippen molar-refractivity contribution in [3.8, 4) is 0 Å². The largest absolute Gasteiger partial charge is 0.384 e. The molecule has 33 heavy (non-hydrogen) atoms. The zero-order chi connectivity index (χ0) is 24.4. The molecule has 178 valence electrons. The Kier molecular flexibility index (Phi) is 7.41. The van der Waals surface area contributed by atoms with Crippen molar-refractivity contribution in [1.29, 1.82) is 0 Å². The van der Waals surface area contributed by atoms with Crippen molar-refractivity contribution < 1.29 is 4.79 Å². The van der Waals surface area contributed by atoms with Crippen molar-refractivity contribution in [2.24, 2.45) is 13.0 Å². The second kappa shape index (κ2) is 9.90. The molecule has 3 heterocycles. The number of aromatic nitrogens is 6. The van der Waals surface area contributed by atoms with Gasteiger partial charge in [-0.05, 0) is 38.2 Å². The van der Waals surface area contributed by atoms with E-state index < -0.39 is 17.0 Å². The first-order valence-corrected chi connectivity index (χ1v) is 12.0. The van der Waals surface area contributed by atoms with Crippen molar-refractivity contribution in [2.75, 3.05) is 11.5 Å². The molecule has 3 rings (SSSR count). The number of unbranched alkanes of at least 4 members (excludes halogenated alkanes) is 1. The van der Waals surface area contributed by atoms with Crippen LogP contribution in [0.1, 0.15) is 60.9 Å². The molecule has 11 heteroatoms. The maximum absolute atomic E-state index is 13.0. The Morgan fingerprint density at radius 3 is 2.52 bits per heavy atom. The second-order valence-electron chi connectivity index (χ2n) is 8.59. The van der Waals surface area contributed by atoms with E-state index in [2.05, 4.69) is 22.0 Å². The molecule has 0 spiro atoms. The monoisotopic (exact) mass is 473 g/mol. The fourth-order valence-corrected chi connectivity index (χ4v) is 4.45. The van der Waals surface area contributed by atoms with Crippen LogP contribution in [0.3, 0.4) is 0 Å². The number of carbonyl (C=O) groups is 1. The minimum absolute atomic E-state index is 0.0864. The van der Waals surface area contributed by atoms with E-state index in [9.17, 15) is 14.4 Å². The van der Waals surface area contributed by atoms with Gasteiger partial charge in [-0.3, -0.25) is 18.7 Å². The number of thioether (sulfide) groups is 1. The SMILES string of the molecule is CCCCc1c(C)nc2nc(SCC(=O)c3c(N)n(CC(C)C)c(=O)n(C)c3=O)nn2c1C. The normalized spacial score (nSPS) is 11.6. The van der Waals surface area contributed by atoms with E-state index in [-0.39, 0.29) is 23.1 Å². The maximum atomic E-state index is 13.0. The summed E-state index contributed by atoms with van der Waals surface area (Å²) >= 11 is 1.11. The molecule has 0 atom stereocenters. The molecule has 0 aliphatic rings. The fourth-order valence-electron chi connectivity index (χ4n) is 3.76. The Labute approximate surface area is 196 Å². The number of aryl methyl sites for hydroxylation is 2. The van der Waals surface area contributed by atoms with Gasteiger partial charge in [-0.1, -0.05) is 39.0 Å². The molecule has 0 aliphatic heterocycles. The summed E-state index contributed by atoms with van der Waals surface area (Å²) in [6, 6.07) is 0. The Morgan fingerprint density at radius 2 is 1.88 bits per heavy atom. The number of hydrogen-bond donors (Lipinski definition) is 1. The van der Waals surface area contributed by atoms with Gasteiger partial charge in [0, 0.05) is 25.0 Å². The van der Waals surface area contributed by atoms with Crippen LogP contribution in [0.4, 0.5) is 5.82 Å². The number of anilines is 1. The van der Waals surface area contributed by atoms with Crippen LogP contribution in [0.25, 0.3) is 5.78 Å². The predicted molar refractivity (Wildman–Crippen MR) is 129 cm³/mol. The molecule has 0 aliphatic carbocycles. The number of nitrogens with zero attached hydrogens (tertiary/aromatic N) is 6. The first kappa shape index (κ1) is 24.7. The van der Waals surface area contributed by atoms with Gasteiger partial charge in [-0.2, -0.15) is 4.98 Å². The van der Waals surface area contributed by atoms with Gasteiger partial charge < -0.3 is 5.73 Å². The zero-order valence-electron chi connectivity index (χ0n) is 20.0. The van der Waals surface area contributed by atoms with E-state index in [1.165, 1.54) is 11.6 Å². The van der Waals surface area contributed by atoms with E-state index in [0.717, 1.165) is 52.5 Å². The van der Waals surface area contributed by atoms with Gasteiger partial charge in [0.05, 0.1) is 5.75 Å². The molecule has 0 unspecified atom stereocenters. The molecule has 0 fully saturated rings. The Hall–Kier alpha value is -2.95. The third kappa shape index (κ3) is 4.87. The van der Waals surface area contributed by atoms with E-state index in [0.29, 0.717) is 17.5 Å². The van der Waals surface area contributed by atoms with E-state index in [1.54, 1.807) is 4.52 Å². The number of rotatable bonds is 9. The molecule has 0 amide bonds. The summed E-state index contributed by atoms with van der Waals surface area (Å²) in [5.41, 5.74) is 7.76. The molecule has 0 aromatic carbocycles. The summed E-state index contributed by atoms with van der Waals surface area (Å²) in [5.74, 6) is -0.0701. The topological polar surface area (TPSA) is 130 Å². The quantitative estimate of drug-likeness (QED) is 0.370. The summed E-state index contributed by atoms with van der Waals surface area (Å²) in [7, 11) is 1.35. The number of carbonyl (C=O) groups excluding carboxylic acids is 1. The van der Waals surface area contributed by atoms with Gasteiger partial charge in [0.15, 0.2) is 5.78 Å². The number of nitrogen functional groups attached to an aromatic ring is 1. The lowest BCUT2D eigenvalue weighted by Crippen LogP contribution is -2.43. The average molecular weight is 474 g/mol. The van der Waals surface area contributed by atoms with Crippen LogP contribution < -0.4 is 17.0 Å². The maximum Gasteiger partial charge on any atom is 0.332 e. The summed E-state index contributed by atoms with van der Waals surface area (Å²) in [4.78, 5) is 47.1. The second-order valence-corrected chi connectivity index (χ2v) is 9.54. The Balaban J connectivity index is 1.89. The van der Waals surface area contributed by atoms with Crippen LogP contribution in [0.5, 0.6) is 0 Å². The minimum Gasteiger partial charge on any atom is -0.384 e. The molecule has 3 aromatic heterocycles. The van der Waals surface area contributed by atoms with Crippen molar-refractivity contribution in [3.05, 3.63) is 43.4 Å². The summed E-state index contributed by atoms with van der Waals surface area (Å²) in [6.45, 7) is 10.3. The van der Waals surface area contributed by atoms with E-state index >= 15 is 0 Å². The fraction of sp³-hybridized carbons (Fsp3) is 0.545. The first-order chi connectivity index (χ1) is 15.6. The van der Waals surface area contributed by atoms with Crippen molar-refractivity contribution in [3.63, 3.8) is 0 Å². The molecule has 2 N–H and O–H groups in total. The third-order valence-electron chi connectivity index (χ3n) is 5.55. The zero-order valence-corrected chi connectivity index (χ0v) is 20.8. The lowest BCUT2D eigenvalue weighted by Gasteiger charge is -2.15. The summed E-state index contributed by atoms with van der Waals surface area (Å²) < 4.78 is 3.90. The smallest absolute Gasteiger partial charge is 0.332 e. The van der Waals surface area contributed by atoms with Crippen molar-refractivity contribution in [1.82, 2.24) is 28.7 Å². The van der Waals surface area contributed by atoms with Crippen LogP contribution in [-0.2, 0) is 20.0 Å². The molecule has 0 radical (unpaired) electrons. The number of hydrogen-bond acceptors (Lipinski definition) is 8. The summed E-state index contributed by atoms with van der Waals surface area (Å²) in [6.07, 6.45) is 3.08. The lowest BCUT2D eigenvalue weighted by atomic mass is 10.1. The summed E-state index contributed by atoms with van der Waals surface area (Å²) in [5, 5.41) is 4.89. The van der Waals surface area contributed by atoms with Gasteiger partial charge in [-0.25, -0.2) is 14.3 Å². The van der Waals surface area contributed by atoms with Crippen molar-refractivity contribution >= 4 is 29.1 Å². The van der Waals surface area contributed by atoms with Crippen molar-refractivity contribution in [2.45, 2.75) is 65.6 Å². The highest BCUT2D eigenvalue weighted by molar-refractivity contribution is 7.99. The predicted octanol–water partition coefficient (Wildman–Crippen LogP) is 2.16. The molecular formula is C22H31N7O3S. The number of ketones is 1. The van der Waals surface area contributed by atoms with Gasteiger partial charge in [0.1, 0.15) is 11.4 Å². The minimum atomic E-state index is -0.695. The third-order valence-corrected chi connectivity index (χ3v) is 6.39. The van der Waals surface area contributed by atoms with Crippen LogP contribution in [0, 0.1) is 19.8 Å². The Morgan fingerprint density at radius 1 is 1.18 bits per heavy atom.